The first-order valence-corrected chi connectivity index (χ1v) is 7.41. The zero-order valence-electron chi connectivity index (χ0n) is 12.0. The number of thiazole rings is 1. The van der Waals surface area contributed by atoms with E-state index in [1.807, 2.05) is 32.2 Å². The van der Waals surface area contributed by atoms with Crippen LogP contribution < -0.4 is 11.1 Å². The van der Waals surface area contributed by atoms with Gasteiger partial charge >= 0.3 is 0 Å². The van der Waals surface area contributed by atoms with Crippen LogP contribution in [0.2, 0.25) is 0 Å². The van der Waals surface area contributed by atoms with Crippen molar-refractivity contribution in [2.75, 3.05) is 12.3 Å². The van der Waals surface area contributed by atoms with E-state index in [9.17, 15) is 4.79 Å². The van der Waals surface area contributed by atoms with Crippen molar-refractivity contribution in [3.8, 4) is 0 Å². The first-order valence-electron chi connectivity index (χ1n) is 6.53. The minimum absolute atomic E-state index is 0.0823. The third-order valence-electron chi connectivity index (χ3n) is 3.19. The first kappa shape index (κ1) is 14.5. The van der Waals surface area contributed by atoms with Gasteiger partial charge in [0.2, 0.25) is 0 Å². The number of aromatic nitrogens is 1. The van der Waals surface area contributed by atoms with Crippen molar-refractivity contribution in [3.05, 3.63) is 44.9 Å². The molecule has 5 heteroatoms. The molecule has 0 bridgehead atoms. The van der Waals surface area contributed by atoms with Gasteiger partial charge in [0.25, 0.3) is 5.91 Å². The number of nitrogens with one attached hydrogen (secondary N) is 1. The average molecular weight is 289 g/mol. The molecule has 1 aromatic carbocycles. The number of nitrogens with zero attached hydrogens (tertiary/aromatic N) is 1. The van der Waals surface area contributed by atoms with Crippen molar-refractivity contribution in [3.63, 3.8) is 0 Å². The Hall–Kier alpha value is -1.88. The third-order valence-corrected chi connectivity index (χ3v) is 4.01. The van der Waals surface area contributed by atoms with Crippen LogP contribution in [0.3, 0.4) is 0 Å². The number of hydrogen-bond acceptors (Lipinski definition) is 4. The number of carbonyl (C=O) groups excluding carboxylic acids is 1. The van der Waals surface area contributed by atoms with E-state index in [0.717, 1.165) is 28.2 Å². The molecule has 0 saturated heterocycles. The van der Waals surface area contributed by atoms with Crippen LogP contribution in [0, 0.1) is 20.8 Å². The maximum absolute atomic E-state index is 12.1. The molecule has 0 aliphatic heterocycles. The van der Waals surface area contributed by atoms with Gasteiger partial charge in [0.15, 0.2) is 0 Å². The van der Waals surface area contributed by atoms with Gasteiger partial charge in [-0.3, -0.25) is 4.79 Å². The molecule has 0 unspecified atom stereocenters. The van der Waals surface area contributed by atoms with Crippen molar-refractivity contribution in [2.45, 2.75) is 27.2 Å². The number of aryl methyl sites for hydroxylation is 3. The highest BCUT2D eigenvalue weighted by Gasteiger charge is 2.10. The quantitative estimate of drug-likeness (QED) is 0.850. The third kappa shape index (κ3) is 3.36. The van der Waals surface area contributed by atoms with E-state index in [-0.39, 0.29) is 5.91 Å². The maximum atomic E-state index is 12.1. The highest BCUT2D eigenvalue weighted by molar-refractivity contribution is 7.09. The van der Waals surface area contributed by atoms with E-state index in [1.165, 1.54) is 0 Å². The number of carbonyl (C=O) groups is 1. The van der Waals surface area contributed by atoms with Crippen molar-refractivity contribution in [1.29, 1.82) is 0 Å². The summed E-state index contributed by atoms with van der Waals surface area (Å²) in [4.78, 5) is 16.5. The van der Waals surface area contributed by atoms with Crippen molar-refractivity contribution in [1.82, 2.24) is 10.3 Å². The van der Waals surface area contributed by atoms with E-state index >= 15 is 0 Å². The lowest BCUT2D eigenvalue weighted by molar-refractivity contribution is 0.0953. The van der Waals surface area contributed by atoms with Crippen molar-refractivity contribution < 1.29 is 4.79 Å². The Morgan fingerprint density at radius 3 is 2.70 bits per heavy atom. The summed E-state index contributed by atoms with van der Waals surface area (Å²) in [6.45, 7) is 6.42. The van der Waals surface area contributed by atoms with Gasteiger partial charge in [0.1, 0.15) is 0 Å². The Balaban J connectivity index is 1.97. The summed E-state index contributed by atoms with van der Waals surface area (Å²) in [5.41, 5.74) is 10.1. The highest BCUT2D eigenvalue weighted by atomic mass is 32.1. The van der Waals surface area contributed by atoms with Gasteiger partial charge in [-0.2, -0.15) is 0 Å². The summed E-state index contributed by atoms with van der Waals surface area (Å²) in [6, 6.07) is 3.68. The molecule has 2 rings (SSSR count). The minimum atomic E-state index is -0.0823. The standard InChI is InChI=1S/C15H19N3OS/c1-9-6-10(2)14(16)7-13(9)15(19)17-5-4-12-8-20-11(3)18-12/h6-8H,4-5,16H2,1-3H3,(H,17,19). The molecular formula is C15H19N3OS. The van der Waals surface area contributed by atoms with Gasteiger partial charge in [-0.1, -0.05) is 6.07 Å². The van der Waals surface area contributed by atoms with Crippen LogP contribution >= 0.6 is 11.3 Å². The molecule has 1 aromatic heterocycles. The molecule has 4 nitrogen and oxygen atoms in total. The molecule has 0 aliphatic carbocycles. The predicted octanol–water partition coefficient (Wildman–Crippen LogP) is 2.62. The van der Waals surface area contributed by atoms with Crippen LogP contribution in [0.1, 0.15) is 32.2 Å². The van der Waals surface area contributed by atoms with E-state index in [1.54, 1.807) is 17.4 Å². The molecule has 1 heterocycles. The molecule has 0 radical (unpaired) electrons. The molecule has 20 heavy (non-hydrogen) atoms. The molecule has 0 saturated carbocycles. The predicted molar refractivity (Wildman–Crippen MR) is 83.2 cm³/mol. The fourth-order valence-corrected chi connectivity index (χ4v) is 2.68. The Morgan fingerprint density at radius 2 is 2.05 bits per heavy atom. The van der Waals surface area contributed by atoms with Gasteiger partial charge in [-0.05, 0) is 38.0 Å². The number of anilines is 1. The van der Waals surface area contributed by atoms with E-state index in [4.69, 9.17) is 5.73 Å². The smallest absolute Gasteiger partial charge is 0.251 e. The second-order valence-electron chi connectivity index (χ2n) is 4.89. The van der Waals surface area contributed by atoms with Crippen LogP contribution in [-0.4, -0.2) is 17.4 Å². The lowest BCUT2D eigenvalue weighted by Gasteiger charge is -2.10. The number of rotatable bonds is 4. The van der Waals surface area contributed by atoms with Crippen LogP contribution in [-0.2, 0) is 6.42 Å². The molecule has 3 N–H and O–H groups in total. The molecule has 0 atom stereocenters. The van der Waals surface area contributed by atoms with Crippen LogP contribution in [0.25, 0.3) is 0 Å². The Kier molecular flexibility index (Phi) is 4.39. The molecule has 106 valence electrons. The first-order chi connectivity index (χ1) is 9.47. The summed E-state index contributed by atoms with van der Waals surface area (Å²) in [5, 5.41) is 5.99. The minimum Gasteiger partial charge on any atom is -0.398 e. The average Bonchev–Trinajstić information content (AvgIpc) is 2.79. The molecule has 0 spiro atoms. The summed E-state index contributed by atoms with van der Waals surface area (Å²) < 4.78 is 0. The van der Waals surface area contributed by atoms with E-state index in [0.29, 0.717) is 17.8 Å². The zero-order valence-corrected chi connectivity index (χ0v) is 12.8. The van der Waals surface area contributed by atoms with Crippen LogP contribution in [0.4, 0.5) is 5.69 Å². The lowest BCUT2D eigenvalue weighted by atomic mass is 10.0. The molecule has 2 aromatic rings. The molecule has 0 aliphatic rings. The molecular weight excluding hydrogens is 270 g/mol. The van der Waals surface area contributed by atoms with Crippen LogP contribution in [0.15, 0.2) is 17.5 Å². The van der Waals surface area contributed by atoms with Crippen molar-refractivity contribution in [2.24, 2.45) is 0 Å². The van der Waals surface area contributed by atoms with Crippen LogP contribution in [0.5, 0.6) is 0 Å². The largest absolute Gasteiger partial charge is 0.398 e. The summed E-state index contributed by atoms with van der Waals surface area (Å²) >= 11 is 1.63. The maximum Gasteiger partial charge on any atom is 0.251 e. The summed E-state index contributed by atoms with van der Waals surface area (Å²) in [5.74, 6) is -0.0823. The van der Waals surface area contributed by atoms with E-state index < -0.39 is 0 Å². The summed E-state index contributed by atoms with van der Waals surface area (Å²) in [7, 11) is 0. The lowest BCUT2D eigenvalue weighted by Crippen LogP contribution is -2.26. The van der Waals surface area contributed by atoms with Gasteiger partial charge in [-0.25, -0.2) is 4.98 Å². The fraction of sp³-hybridized carbons (Fsp3) is 0.333. The highest BCUT2D eigenvalue weighted by Crippen LogP contribution is 2.17. The second-order valence-corrected chi connectivity index (χ2v) is 5.95. The Morgan fingerprint density at radius 1 is 1.30 bits per heavy atom. The molecule has 1 amide bonds. The monoisotopic (exact) mass is 289 g/mol. The Bertz CT molecular complexity index is 634. The van der Waals surface area contributed by atoms with E-state index in [2.05, 4.69) is 10.3 Å². The molecule has 0 fully saturated rings. The van der Waals surface area contributed by atoms with Gasteiger partial charge in [0, 0.05) is 29.6 Å². The number of nitrogen functional groups attached to an aromatic ring is 1. The fourth-order valence-electron chi connectivity index (χ4n) is 2.04. The normalized spacial score (nSPS) is 10.6. The van der Waals surface area contributed by atoms with Gasteiger partial charge in [0.05, 0.1) is 10.7 Å². The van der Waals surface area contributed by atoms with Gasteiger partial charge < -0.3 is 11.1 Å². The van der Waals surface area contributed by atoms with Crippen molar-refractivity contribution >= 4 is 22.9 Å². The number of hydrogen-bond donors (Lipinski definition) is 2. The van der Waals surface area contributed by atoms with Gasteiger partial charge in [-0.15, -0.1) is 11.3 Å². The number of benzene rings is 1. The second kappa shape index (κ2) is 6.05. The SMILES string of the molecule is Cc1nc(CCNC(=O)c2cc(N)c(C)cc2C)cs1. The topological polar surface area (TPSA) is 68.0 Å². The number of amides is 1. The Labute approximate surface area is 123 Å². The zero-order chi connectivity index (χ0) is 14.7. The number of nitrogens with two attached hydrogens (primary N) is 1. The summed E-state index contributed by atoms with van der Waals surface area (Å²) in [6.07, 6.45) is 0.746.